The van der Waals surface area contributed by atoms with Gasteiger partial charge < -0.3 is 14.8 Å². The summed E-state index contributed by atoms with van der Waals surface area (Å²) in [5.41, 5.74) is 3.30. The van der Waals surface area contributed by atoms with Gasteiger partial charge >= 0.3 is 0 Å². The average Bonchev–Trinajstić information content (AvgIpc) is 2.83. The number of amides is 2. The van der Waals surface area contributed by atoms with Gasteiger partial charge in [0.1, 0.15) is 19.0 Å². The number of fused-ring (bicyclic) bond motifs is 1. The van der Waals surface area contributed by atoms with E-state index in [-0.39, 0.29) is 37.3 Å². The lowest BCUT2D eigenvalue weighted by Gasteiger charge is -2.31. The van der Waals surface area contributed by atoms with E-state index in [1.165, 1.54) is 17.0 Å². The van der Waals surface area contributed by atoms with Crippen LogP contribution in [0.2, 0.25) is 0 Å². The third kappa shape index (κ3) is 5.14. The fourth-order valence-electron chi connectivity index (χ4n) is 3.63. The minimum absolute atomic E-state index is 0.0500. The summed E-state index contributed by atoms with van der Waals surface area (Å²) in [4.78, 5) is 27.8. The first-order valence-electron chi connectivity index (χ1n) is 10.7. The Morgan fingerprint density at radius 2 is 1.73 bits per heavy atom. The van der Waals surface area contributed by atoms with Crippen molar-refractivity contribution in [3.63, 3.8) is 0 Å². The van der Waals surface area contributed by atoms with E-state index < -0.39 is 6.10 Å². The summed E-state index contributed by atoms with van der Waals surface area (Å²) >= 11 is 0. The van der Waals surface area contributed by atoms with Gasteiger partial charge in [-0.2, -0.15) is 0 Å². The van der Waals surface area contributed by atoms with Crippen LogP contribution in [0.1, 0.15) is 16.7 Å². The first-order chi connectivity index (χ1) is 15.9. The van der Waals surface area contributed by atoms with Crippen LogP contribution in [0.3, 0.4) is 0 Å². The van der Waals surface area contributed by atoms with Crippen LogP contribution < -0.4 is 19.7 Å². The number of ether oxygens (including phenoxy) is 2. The van der Waals surface area contributed by atoms with Crippen molar-refractivity contribution in [1.82, 2.24) is 5.32 Å². The molecule has 0 radical (unpaired) electrons. The first-order valence-corrected chi connectivity index (χ1v) is 10.7. The van der Waals surface area contributed by atoms with Gasteiger partial charge in [-0.25, -0.2) is 4.39 Å². The molecule has 0 saturated carbocycles. The summed E-state index contributed by atoms with van der Waals surface area (Å²) in [6, 6.07) is 18.7. The molecular formula is C26H25FN2O4. The predicted molar refractivity (Wildman–Crippen MR) is 123 cm³/mol. The van der Waals surface area contributed by atoms with E-state index in [1.54, 1.807) is 30.3 Å². The lowest BCUT2D eigenvalue weighted by atomic mass is 10.1. The van der Waals surface area contributed by atoms with Crippen molar-refractivity contribution in [3.05, 3.63) is 89.2 Å². The Labute approximate surface area is 191 Å². The van der Waals surface area contributed by atoms with Crippen LogP contribution in [0.4, 0.5) is 10.1 Å². The molecule has 0 saturated heterocycles. The van der Waals surface area contributed by atoms with Gasteiger partial charge in [-0.05, 0) is 60.9 Å². The standard InChI is InChI=1S/C26H25FN2O4/c1-17-6-5-7-21(18(17)2)29(15-25(30)28-14-19-10-12-20(27)13-11-19)26(31)24-16-32-22-8-3-4-9-23(22)33-24/h3-13,24H,14-16H2,1-2H3,(H,28,30). The third-order valence-corrected chi connectivity index (χ3v) is 5.62. The van der Waals surface area contributed by atoms with E-state index in [0.29, 0.717) is 17.2 Å². The van der Waals surface area contributed by atoms with Crippen molar-refractivity contribution in [2.24, 2.45) is 0 Å². The molecule has 0 fully saturated rings. The number of carbonyl (C=O) groups excluding carboxylic acids is 2. The minimum atomic E-state index is -0.885. The molecule has 0 aliphatic carbocycles. The number of aryl methyl sites for hydroxylation is 1. The maximum absolute atomic E-state index is 13.5. The van der Waals surface area contributed by atoms with Crippen LogP contribution >= 0.6 is 0 Å². The molecule has 6 nitrogen and oxygen atoms in total. The van der Waals surface area contributed by atoms with Crippen LogP contribution in [-0.4, -0.2) is 31.1 Å². The van der Waals surface area contributed by atoms with Gasteiger partial charge in [0.2, 0.25) is 12.0 Å². The molecule has 1 aliphatic rings. The van der Waals surface area contributed by atoms with Crippen LogP contribution in [0.25, 0.3) is 0 Å². The molecule has 3 aromatic carbocycles. The molecule has 0 spiro atoms. The zero-order chi connectivity index (χ0) is 23.4. The minimum Gasteiger partial charge on any atom is -0.485 e. The van der Waals surface area contributed by atoms with Gasteiger partial charge in [0, 0.05) is 12.2 Å². The summed E-state index contributed by atoms with van der Waals surface area (Å²) in [5, 5.41) is 2.80. The molecule has 1 unspecified atom stereocenters. The van der Waals surface area contributed by atoms with E-state index in [0.717, 1.165) is 16.7 Å². The summed E-state index contributed by atoms with van der Waals surface area (Å²) < 4.78 is 24.7. The molecule has 170 valence electrons. The molecule has 3 aromatic rings. The van der Waals surface area contributed by atoms with Crippen LogP contribution in [0, 0.1) is 19.7 Å². The second kappa shape index (κ2) is 9.73. The number of nitrogens with one attached hydrogen (secondary N) is 1. The third-order valence-electron chi connectivity index (χ3n) is 5.62. The predicted octanol–water partition coefficient (Wildman–Crippen LogP) is 3.93. The summed E-state index contributed by atoms with van der Waals surface area (Å²) in [6.45, 7) is 3.95. The molecule has 0 aromatic heterocycles. The van der Waals surface area contributed by atoms with E-state index in [1.807, 2.05) is 38.1 Å². The Bertz CT molecular complexity index is 1160. The van der Waals surface area contributed by atoms with Gasteiger partial charge in [-0.15, -0.1) is 0 Å². The van der Waals surface area contributed by atoms with E-state index >= 15 is 0 Å². The highest BCUT2D eigenvalue weighted by molar-refractivity contribution is 6.02. The molecule has 2 amide bonds. The molecule has 1 heterocycles. The quantitative estimate of drug-likeness (QED) is 0.621. The van der Waals surface area contributed by atoms with Crippen molar-refractivity contribution in [2.45, 2.75) is 26.5 Å². The normalized spacial score (nSPS) is 14.5. The highest BCUT2D eigenvalue weighted by Gasteiger charge is 2.33. The SMILES string of the molecule is Cc1cccc(N(CC(=O)NCc2ccc(F)cc2)C(=O)C2COc3ccccc3O2)c1C. The second-order valence-electron chi connectivity index (χ2n) is 7.91. The number of carbonyl (C=O) groups is 2. The molecule has 7 heteroatoms. The van der Waals surface area contributed by atoms with E-state index in [4.69, 9.17) is 9.47 Å². The van der Waals surface area contributed by atoms with Gasteiger partial charge in [0.15, 0.2) is 11.5 Å². The zero-order valence-electron chi connectivity index (χ0n) is 18.5. The van der Waals surface area contributed by atoms with Gasteiger partial charge in [-0.1, -0.05) is 36.4 Å². The first kappa shape index (κ1) is 22.3. The molecule has 0 bridgehead atoms. The molecule has 1 atom stereocenters. The van der Waals surface area contributed by atoms with Crippen LogP contribution in [0.15, 0.2) is 66.7 Å². The van der Waals surface area contributed by atoms with E-state index in [9.17, 15) is 14.0 Å². The number of para-hydroxylation sites is 2. The molecule has 1 aliphatic heterocycles. The topological polar surface area (TPSA) is 67.9 Å². The Kier molecular flexibility index (Phi) is 6.58. The number of hydrogen-bond donors (Lipinski definition) is 1. The van der Waals surface area contributed by atoms with Gasteiger partial charge in [0.05, 0.1) is 0 Å². The van der Waals surface area contributed by atoms with Crippen molar-refractivity contribution in [3.8, 4) is 11.5 Å². The largest absolute Gasteiger partial charge is 0.485 e. The average molecular weight is 448 g/mol. The Morgan fingerprint density at radius 1 is 1.00 bits per heavy atom. The fraction of sp³-hybridized carbons (Fsp3) is 0.231. The van der Waals surface area contributed by atoms with Crippen LogP contribution in [-0.2, 0) is 16.1 Å². The van der Waals surface area contributed by atoms with E-state index in [2.05, 4.69) is 5.32 Å². The highest BCUT2D eigenvalue weighted by Crippen LogP contribution is 2.32. The Balaban J connectivity index is 1.53. The Morgan fingerprint density at radius 3 is 2.48 bits per heavy atom. The number of hydrogen-bond acceptors (Lipinski definition) is 4. The number of anilines is 1. The lowest BCUT2D eigenvalue weighted by molar-refractivity contribution is -0.129. The summed E-state index contributed by atoms with van der Waals surface area (Å²) in [5.74, 6) is 0.0227. The number of benzene rings is 3. The van der Waals surface area contributed by atoms with Crippen molar-refractivity contribution < 1.29 is 23.5 Å². The van der Waals surface area contributed by atoms with Gasteiger partial charge in [-0.3, -0.25) is 14.5 Å². The monoisotopic (exact) mass is 448 g/mol. The maximum Gasteiger partial charge on any atom is 0.272 e. The van der Waals surface area contributed by atoms with Crippen LogP contribution in [0.5, 0.6) is 11.5 Å². The maximum atomic E-state index is 13.5. The second-order valence-corrected chi connectivity index (χ2v) is 7.91. The van der Waals surface area contributed by atoms with Crippen molar-refractivity contribution in [2.75, 3.05) is 18.1 Å². The number of nitrogens with zero attached hydrogens (tertiary/aromatic N) is 1. The number of rotatable bonds is 6. The van der Waals surface area contributed by atoms with Crippen molar-refractivity contribution in [1.29, 1.82) is 0 Å². The summed E-state index contributed by atoms with van der Waals surface area (Å²) in [7, 11) is 0. The molecule has 4 rings (SSSR count). The summed E-state index contributed by atoms with van der Waals surface area (Å²) in [6.07, 6.45) is -0.885. The smallest absolute Gasteiger partial charge is 0.272 e. The number of halogens is 1. The Hall–Kier alpha value is -3.87. The highest BCUT2D eigenvalue weighted by atomic mass is 19.1. The zero-order valence-corrected chi connectivity index (χ0v) is 18.5. The fourth-order valence-corrected chi connectivity index (χ4v) is 3.63. The molecule has 33 heavy (non-hydrogen) atoms. The van der Waals surface area contributed by atoms with Crippen molar-refractivity contribution >= 4 is 17.5 Å². The lowest BCUT2D eigenvalue weighted by Crippen LogP contribution is -2.50. The molecule has 1 N–H and O–H groups in total. The van der Waals surface area contributed by atoms with Gasteiger partial charge in [0.25, 0.3) is 5.91 Å². The molecular weight excluding hydrogens is 423 g/mol.